The molecule has 0 fully saturated rings. The Kier molecular flexibility index (Phi) is 12.3. The standard InChI is InChI=1S/C35H37BrClN3O5S/c1-4-25(2)38-35(42)32(21-26-11-7-5-8-12-26)39(23-27-15-17-28(36)18-16-27)34(41)24-40(31-22-29(37)19-20-33(31)45-3)46(43,44)30-13-9-6-10-14-30/h5-20,22,25,32H,4,21,23-24H2,1-3H3,(H,38,42)/t25-,32-/m1/s1. The number of carbonyl (C=O) groups excluding carboxylic acids is 2. The Balaban J connectivity index is 1.84. The molecule has 0 aliphatic rings. The van der Waals surface area contributed by atoms with Crippen molar-refractivity contribution in [3.05, 3.63) is 124 Å². The number of halogens is 2. The molecule has 2 amide bonds. The fourth-order valence-corrected chi connectivity index (χ4v) is 6.74. The number of ether oxygens (including phenoxy) is 1. The van der Waals surface area contributed by atoms with Gasteiger partial charge in [-0.05, 0) is 66.9 Å². The third-order valence-corrected chi connectivity index (χ3v) is 10.1. The summed E-state index contributed by atoms with van der Waals surface area (Å²) in [4.78, 5) is 30.0. The van der Waals surface area contributed by atoms with E-state index in [2.05, 4.69) is 21.2 Å². The Morgan fingerprint density at radius 2 is 1.54 bits per heavy atom. The number of hydrogen-bond donors (Lipinski definition) is 1. The Hall–Kier alpha value is -3.86. The molecule has 0 aliphatic heterocycles. The molecule has 0 aromatic heterocycles. The van der Waals surface area contributed by atoms with Gasteiger partial charge in [-0.25, -0.2) is 8.42 Å². The number of sulfonamides is 1. The highest BCUT2D eigenvalue weighted by Gasteiger charge is 2.36. The summed E-state index contributed by atoms with van der Waals surface area (Å²) in [7, 11) is -2.88. The van der Waals surface area contributed by atoms with E-state index in [9.17, 15) is 18.0 Å². The van der Waals surface area contributed by atoms with E-state index in [1.54, 1.807) is 30.3 Å². The van der Waals surface area contributed by atoms with Crippen LogP contribution in [0.1, 0.15) is 31.4 Å². The molecule has 4 aromatic carbocycles. The van der Waals surface area contributed by atoms with Gasteiger partial charge in [-0.15, -0.1) is 0 Å². The molecule has 0 aliphatic carbocycles. The van der Waals surface area contributed by atoms with Crippen molar-refractivity contribution in [3.8, 4) is 5.75 Å². The summed E-state index contributed by atoms with van der Waals surface area (Å²) in [6.45, 7) is 3.31. The summed E-state index contributed by atoms with van der Waals surface area (Å²) in [5, 5.41) is 3.30. The molecule has 11 heteroatoms. The monoisotopic (exact) mass is 725 g/mol. The molecule has 0 heterocycles. The third kappa shape index (κ3) is 8.90. The second-order valence-electron chi connectivity index (χ2n) is 10.8. The van der Waals surface area contributed by atoms with Crippen molar-refractivity contribution in [2.75, 3.05) is 18.0 Å². The summed E-state index contributed by atoms with van der Waals surface area (Å²) in [6.07, 6.45) is 0.916. The highest BCUT2D eigenvalue weighted by atomic mass is 79.9. The summed E-state index contributed by atoms with van der Waals surface area (Å²) in [5.41, 5.74) is 1.72. The first kappa shape index (κ1) is 35.0. The molecule has 0 bridgehead atoms. The van der Waals surface area contributed by atoms with Gasteiger partial charge in [0.15, 0.2) is 0 Å². The lowest BCUT2D eigenvalue weighted by Gasteiger charge is -2.34. The Bertz CT molecular complexity index is 1720. The molecule has 46 heavy (non-hydrogen) atoms. The van der Waals surface area contributed by atoms with E-state index in [0.717, 1.165) is 19.9 Å². The number of methoxy groups -OCH3 is 1. The van der Waals surface area contributed by atoms with Crippen LogP contribution in [0.5, 0.6) is 5.75 Å². The third-order valence-electron chi connectivity index (χ3n) is 7.56. The minimum Gasteiger partial charge on any atom is -0.495 e. The fourth-order valence-electron chi connectivity index (χ4n) is 4.87. The number of benzene rings is 4. The van der Waals surface area contributed by atoms with Crippen LogP contribution in [0.25, 0.3) is 0 Å². The zero-order chi connectivity index (χ0) is 33.3. The molecule has 0 radical (unpaired) electrons. The quantitative estimate of drug-likeness (QED) is 0.153. The van der Waals surface area contributed by atoms with Gasteiger partial charge in [0.1, 0.15) is 18.3 Å². The van der Waals surface area contributed by atoms with Crippen molar-refractivity contribution in [3.63, 3.8) is 0 Å². The zero-order valence-corrected chi connectivity index (χ0v) is 29.1. The second-order valence-corrected chi connectivity index (χ2v) is 14.0. The van der Waals surface area contributed by atoms with Crippen LogP contribution in [0.4, 0.5) is 5.69 Å². The average molecular weight is 727 g/mol. The number of rotatable bonds is 14. The van der Waals surface area contributed by atoms with Crippen LogP contribution >= 0.6 is 27.5 Å². The zero-order valence-electron chi connectivity index (χ0n) is 25.9. The SMILES string of the molecule is CC[C@@H](C)NC(=O)[C@@H](Cc1ccccc1)N(Cc1ccc(Br)cc1)C(=O)CN(c1cc(Cl)ccc1OC)S(=O)(=O)c1ccccc1. The number of anilines is 1. The van der Waals surface area contributed by atoms with E-state index in [4.69, 9.17) is 16.3 Å². The Morgan fingerprint density at radius 3 is 2.15 bits per heavy atom. The summed E-state index contributed by atoms with van der Waals surface area (Å²) < 4.78 is 35.8. The molecule has 0 spiro atoms. The van der Waals surface area contributed by atoms with E-state index >= 15 is 0 Å². The minimum absolute atomic E-state index is 0.0142. The van der Waals surface area contributed by atoms with Crippen molar-refractivity contribution < 1.29 is 22.7 Å². The average Bonchev–Trinajstić information content (AvgIpc) is 3.06. The summed E-state index contributed by atoms with van der Waals surface area (Å²) in [6, 6.07) is 28.2. The molecular weight excluding hydrogens is 690 g/mol. The molecule has 4 rings (SSSR count). The lowest BCUT2D eigenvalue weighted by molar-refractivity contribution is -0.140. The topological polar surface area (TPSA) is 96.0 Å². The number of hydrogen-bond acceptors (Lipinski definition) is 5. The van der Waals surface area contributed by atoms with Gasteiger partial charge in [-0.1, -0.05) is 95.1 Å². The van der Waals surface area contributed by atoms with Gasteiger partial charge in [0.25, 0.3) is 10.0 Å². The van der Waals surface area contributed by atoms with Crippen molar-refractivity contribution in [2.24, 2.45) is 0 Å². The van der Waals surface area contributed by atoms with Gasteiger partial charge >= 0.3 is 0 Å². The molecule has 0 unspecified atom stereocenters. The van der Waals surface area contributed by atoms with Gasteiger partial charge in [0.2, 0.25) is 11.8 Å². The van der Waals surface area contributed by atoms with E-state index in [1.165, 1.54) is 30.2 Å². The van der Waals surface area contributed by atoms with Gasteiger partial charge in [0, 0.05) is 28.5 Å². The predicted octanol–water partition coefficient (Wildman–Crippen LogP) is 6.86. The Morgan fingerprint density at radius 1 is 0.913 bits per heavy atom. The predicted molar refractivity (Wildman–Crippen MR) is 185 cm³/mol. The summed E-state index contributed by atoms with van der Waals surface area (Å²) >= 11 is 9.80. The maximum absolute atomic E-state index is 14.6. The lowest BCUT2D eigenvalue weighted by Crippen LogP contribution is -2.54. The van der Waals surface area contributed by atoms with Crippen LogP contribution in [-0.2, 0) is 32.6 Å². The van der Waals surface area contributed by atoms with Gasteiger partial charge < -0.3 is 15.0 Å². The van der Waals surface area contributed by atoms with Crippen molar-refractivity contribution >= 4 is 55.1 Å². The van der Waals surface area contributed by atoms with Crippen LogP contribution in [0, 0.1) is 0 Å². The van der Waals surface area contributed by atoms with Crippen LogP contribution in [0.15, 0.2) is 112 Å². The lowest BCUT2D eigenvalue weighted by atomic mass is 10.0. The highest BCUT2D eigenvalue weighted by Crippen LogP contribution is 2.35. The summed E-state index contributed by atoms with van der Waals surface area (Å²) in [5.74, 6) is -0.697. The van der Waals surface area contributed by atoms with E-state index < -0.39 is 28.5 Å². The molecule has 242 valence electrons. The van der Waals surface area contributed by atoms with Crippen LogP contribution in [-0.4, -0.2) is 50.9 Å². The number of nitrogens with zero attached hydrogens (tertiary/aromatic N) is 2. The van der Waals surface area contributed by atoms with Crippen LogP contribution < -0.4 is 14.4 Å². The number of nitrogens with one attached hydrogen (secondary N) is 1. The normalized spacial score (nSPS) is 12.5. The smallest absolute Gasteiger partial charge is 0.264 e. The van der Waals surface area contributed by atoms with E-state index in [0.29, 0.717) is 6.42 Å². The first-order valence-corrected chi connectivity index (χ1v) is 17.4. The molecule has 2 atom stereocenters. The Labute approximate surface area is 284 Å². The molecule has 0 saturated carbocycles. The molecule has 1 N–H and O–H groups in total. The maximum atomic E-state index is 14.6. The van der Waals surface area contributed by atoms with E-state index in [1.807, 2.05) is 68.4 Å². The number of amides is 2. The van der Waals surface area contributed by atoms with Crippen molar-refractivity contribution in [1.29, 1.82) is 0 Å². The molecule has 0 saturated heterocycles. The maximum Gasteiger partial charge on any atom is 0.264 e. The molecular formula is C35H37BrClN3O5S. The van der Waals surface area contributed by atoms with Crippen molar-refractivity contribution in [1.82, 2.24) is 10.2 Å². The molecule has 8 nitrogen and oxygen atoms in total. The second kappa shape index (κ2) is 16.1. The van der Waals surface area contributed by atoms with Crippen LogP contribution in [0.2, 0.25) is 5.02 Å². The molecule has 4 aromatic rings. The first-order valence-electron chi connectivity index (χ1n) is 14.8. The highest BCUT2D eigenvalue weighted by molar-refractivity contribution is 9.10. The van der Waals surface area contributed by atoms with Crippen LogP contribution in [0.3, 0.4) is 0 Å². The largest absolute Gasteiger partial charge is 0.495 e. The number of carbonyl (C=O) groups is 2. The van der Waals surface area contributed by atoms with Gasteiger partial charge in [-0.3, -0.25) is 13.9 Å². The minimum atomic E-state index is -4.30. The van der Waals surface area contributed by atoms with E-state index in [-0.39, 0.29) is 46.3 Å². The first-order chi connectivity index (χ1) is 22.0. The fraction of sp³-hybridized carbons (Fsp3) is 0.257. The van der Waals surface area contributed by atoms with Gasteiger partial charge in [0.05, 0.1) is 17.7 Å². The van der Waals surface area contributed by atoms with Gasteiger partial charge in [-0.2, -0.15) is 0 Å². The van der Waals surface area contributed by atoms with Crippen molar-refractivity contribution in [2.45, 2.75) is 50.2 Å².